The van der Waals surface area contributed by atoms with Crippen LogP contribution in [0.4, 0.5) is 4.79 Å². The molecule has 1 saturated heterocycles. The number of likely N-dealkylation sites (tertiary alicyclic amines) is 1. The van der Waals surface area contributed by atoms with E-state index in [1.54, 1.807) is 12.4 Å². The number of ether oxygens (including phenoxy) is 1. The summed E-state index contributed by atoms with van der Waals surface area (Å²) in [7, 11) is 1.31. The molecule has 280 valence electrons. The highest BCUT2D eigenvalue weighted by Crippen LogP contribution is 2.37. The minimum atomic E-state index is -0.646. The van der Waals surface area contributed by atoms with E-state index in [1.165, 1.54) is 12.7 Å². The number of alkyl carbamates (subject to hydrolysis) is 1. The number of amides is 3. The van der Waals surface area contributed by atoms with Gasteiger partial charge in [-0.3, -0.25) is 24.6 Å². The van der Waals surface area contributed by atoms with Crippen LogP contribution in [0.3, 0.4) is 0 Å². The fourth-order valence-corrected chi connectivity index (χ4v) is 8.35. The van der Waals surface area contributed by atoms with Crippen molar-refractivity contribution in [2.75, 3.05) is 13.7 Å². The average molecular weight is 727 g/mol. The van der Waals surface area contributed by atoms with Crippen LogP contribution < -0.4 is 10.6 Å². The number of nitrogens with one attached hydrogen (secondary N) is 2. The molecule has 7 rings (SSSR count). The number of methoxy groups -OCH3 is 1. The number of rotatable bonds is 11. The summed E-state index contributed by atoms with van der Waals surface area (Å²) in [6.07, 6.45) is 14.2. The largest absolute Gasteiger partial charge is 0.453 e. The molecule has 2 fully saturated rings. The van der Waals surface area contributed by atoms with Crippen LogP contribution in [-0.2, 0) is 20.9 Å². The first-order valence-corrected chi connectivity index (χ1v) is 19.3. The fraction of sp³-hybridized carbons (Fsp3) is 0.409. The molecule has 10 nitrogen and oxygen atoms in total. The molecule has 3 amide bonds. The van der Waals surface area contributed by atoms with Crippen LogP contribution in [0.25, 0.3) is 22.3 Å². The van der Waals surface area contributed by atoms with E-state index in [-0.39, 0.29) is 35.6 Å². The molecule has 4 heterocycles. The van der Waals surface area contributed by atoms with Crippen LogP contribution in [-0.4, -0.2) is 65.0 Å². The van der Waals surface area contributed by atoms with Crippen molar-refractivity contribution in [3.8, 4) is 11.1 Å². The van der Waals surface area contributed by atoms with E-state index in [0.717, 1.165) is 89.8 Å². The molecule has 3 aliphatic heterocycles. The van der Waals surface area contributed by atoms with Gasteiger partial charge in [0, 0.05) is 74.0 Å². The second-order valence-corrected chi connectivity index (χ2v) is 15.2. The second kappa shape index (κ2) is 16.7. The summed E-state index contributed by atoms with van der Waals surface area (Å²) >= 11 is 0. The van der Waals surface area contributed by atoms with E-state index in [0.29, 0.717) is 19.5 Å². The van der Waals surface area contributed by atoms with Gasteiger partial charge in [0.25, 0.3) is 0 Å². The lowest BCUT2D eigenvalue weighted by Crippen LogP contribution is -2.53. The van der Waals surface area contributed by atoms with Gasteiger partial charge >= 0.3 is 6.09 Å². The molecule has 0 bridgehead atoms. The van der Waals surface area contributed by atoms with Crippen molar-refractivity contribution in [2.45, 2.75) is 83.8 Å². The molecule has 1 unspecified atom stereocenters. The van der Waals surface area contributed by atoms with Crippen molar-refractivity contribution in [3.05, 3.63) is 102 Å². The van der Waals surface area contributed by atoms with Crippen molar-refractivity contribution in [3.63, 3.8) is 0 Å². The third-order valence-corrected chi connectivity index (χ3v) is 11.4. The molecule has 10 heteroatoms. The van der Waals surface area contributed by atoms with Gasteiger partial charge in [-0.15, -0.1) is 0 Å². The van der Waals surface area contributed by atoms with Crippen molar-refractivity contribution in [1.29, 1.82) is 0 Å². The lowest BCUT2D eigenvalue weighted by Gasteiger charge is -2.31. The zero-order valence-corrected chi connectivity index (χ0v) is 31.5. The van der Waals surface area contributed by atoms with Gasteiger partial charge in [0.05, 0.1) is 13.2 Å². The van der Waals surface area contributed by atoms with Crippen molar-refractivity contribution in [1.82, 2.24) is 20.5 Å². The maximum absolute atomic E-state index is 13.6. The predicted molar refractivity (Wildman–Crippen MR) is 212 cm³/mol. The molecule has 0 radical (unpaired) electrons. The summed E-state index contributed by atoms with van der Waals surface area (Å²) in [5, 5.41) is 5.87. The van der Waals surface area contributed by atoms with Crippen molar-refractivity contribution >= 4 is 40.5 Å². The van der Waals surface area contributed by atoms with Gasteiger partial charge in [-0.1, -0.05) is 81.3 Å². The standard InChI is InChI=1S/C44H50N6O4/c1-28(2)41(49-44(53)54-3)43(52)50-21-7-11-40(50)39-23-35(27-47-39)33-18-14-31(15-19-33)30-12-16-32(17-13-30)34-22-38(46-26-34)36-9-4-5-10-37(36)42(51)48-25-29-8-6-20-45-24-29/h6,8,12-20,24,26-28,36-37,40-41H,4-5,7,9-11,21-23,25H2,1-3H3,(H,48,51)(H,49,53)/t36?,37-,40+,41+/m1/s1. The Morgan fingerprint density at radius 2 is 1.44 bits per heavy atom. The normalized spacial score (nSPS) is 21.6. The summed E-state index contributed by atoms with van der Waals surface area (Å²) < 4.78 is 4.77. The molecule has 4 atom stereocenters. The Hall–Kier alpha value is -5.38. The Labute approximate surface area is 317 Å². The predicted octanol–water partition coefficient (Wildman–Crippen LogP) is 7.61. The monoisotopic (exact) mass is 726 g/mol. The lowest BCUT2D eigenvalue weighted by atomic mass is 9.75. The number of hydrogen-bond acceptors (Lipinski definition) is 7. The Balaban J connectivity index is 0.929. The zero-order chi connectivity index (χ0) is 37.6. The maximum atomic E-state index is 13.6. The van der Waals surface area contributed by atoms with Gasteiger partial charge in [-0.2, -0.15) is 0 Å². The van der Waals surface area contributed by atoms with Crippen LogP contribution in [0.5, 0.6) is 0 Å². The Bertz CT molecular complexity index is 1970. The minimum absolute atomic E-state index is 0.0497. The molecule has 2 aromatic carbocycles. The van der Waals surface area contributed by atoms with E-state index in [4.69, 9.17) is 14.7 Å². The summed E-state index contributed by atoms with van der Waals surface area (Å²) in [5.74, 6) is 0.0786. The fourth-order valence-electron chi connectivity index (χ4n) is 8.35. The third kappa shape index (κ3) is 8.22. The summed E-state index contributed by atoms with van der Waals surface area (Å²) in [4.78, 5) is 54.5. The number of allylic oxidation sites excluding steroid dienone is 2. The quantitative estimate of drug-likeness (QED) is 0.211. The smallest absolute Gasteiger partial charge is 0.407 e. The highest BCUT2D eigenvalue weighted by atomic mass is 16.5. The second-order valence-electron chi connectivity index (χ2n) is 15.2. The molecule has 0 spiro atoms. The number of aromatic nitrogens is 1. The topological polar surface area (TPSA) is 125 Å². The van der Waals surface area contributed by atoms with Crippen molar-refractivity contribution < 1.29 is 19.1 Å². The van der Waals surface area contributed by atoms with Gasteiger partial charge in [-0.05, 0) is 76.6 Å². The number of aliphatic imine (C=N–C) groups is 2. The van der Waals surface area contributed by atoms with Gasteiger partial charge in [0.15, 0.2) is 0 Å². The Morgan fingerprint density at radius 1 is 0.815 bits per heavy atom. The number of nitrogens with zero attached hydrogens (tertiary/aromatic N) is 4. The number of carbonyl (C=O) groups excluding carboxylic acids is 3. The number of carbonyl (C=O) groups is 3. The molecule has 54 heavy (non-hydrogen) atoms. The van der Waals surface area contributed by atoms with Crippen molar-refractivity contribution in [2.24, 2.45) is 27.7 Å². The van der Waals surface area contributed by atoms with Gasteiger partial charge in [0.2, 0.25) is 11.8 Å². The Morgan fingerprint density at radius 3 is 2.07 bits per heavy atom. The van der Waals surface area contributed by atoms with E-state index in [9.17, 15) is 14.4 Å². The van der Waals surface area contributed by atoms with E-state index >= 15 is 0 Å². The van der Waals surface area contributed by atoms with Gasteiger partial charge in [0.1, 0.15) is 6.04 Å². The lowest BCUT2D eigenvalue weighted by molar-refractivity contribution is -0.134. The summed E-state index contributed by atoms with van der Waals surface area (Å²) in [6, 6.07) is 20.4. The summed E-state index contributed by atoms with van der Waals surface area (Å²) in [6.45, 7) is 5.00. The first kappa shape index (κ1) is 37.0. The van der Waals surface area contributed by atoms with Crippen LogP contribution >= 0.6 is 0 Å². The van der Waals surface area contributed by atoms with E-state index < -0.39 is 12.1 Å². The highest BCUT2D eigenvalue weighted by Gasteiger charge is 2.39. The van der Waals surface area contributed by atoms with E-state index in [1.807, 2.05) is 43.3 Å². The average Bonchev–Trinajstić information content (AvgIpc) is 4.01. The molecule has 4 aliphatic rings. The highest BCUT2D eigenvalue weighted by molar-refractivity contribution is 6.04. The number of hydrogen-bond donors (Lipinski definition) is 2. The molecular weight excluding hydrogens is 677 g/mol. The summed E-state index contributed by atoms with van der Waals surface area (Å²) in [5.41, 5.74) is 10.00. The number of benzene rings is 2. The first-order valence-electron chi connectivity index (χ1n) is 19.3. The van der Waals surface area contributed by atoms with Crippen LogP contribution in [0.15, 0.2) is 95.4 Å². The van der Waals surface area contributed by atoms with Crippen LogP contribution in [0.1, 0.15) is 81.9 Å². The molecule has 1 aromatic heterocycles. The first-order chi connectivity index (χ1) is 26.3. The SMILES string of the molecule is COC(=O)N[C@H](C(=O)N1CCC[C@H]1C1=NC=C(c2ccc(-c3ccc(C4=CN=C(C5CCCC[C@H]5C(=O)NCc5cccnc5)C4)cc3)cc2)C1)C(C)C. The zero-order valence-electron chi connectivity index (χ0n) is 31.5. The van der Waals surface area contributed by atoms with Crippen LogP contribution in [0.2, 0.25) is 0 Å². The number of pyridine rings is 1. The van der Waals surface area contributed by atoms with Gasteiger partial charge < -0.3 is 20.3 Å². The molecule has 1 aliphatic carbocycles. The molecule has 1 saturated carbocycles. The molecule has 3 aromatic rings. The minimum Gasteiger partial charge on any atom is -0.453 e. The van der Waals surface area contributed by atoms with E-state index in [2.05, 4.69) is 64.1 Å². The molecular formula is C44H50N6O4. The molecule has 2 N–H and O–H groups in total. The van der Waals surface area contributed by atoms with Crippen LogP contribution in [0, 0.1) is 17.8 Å². The maximum Gasteiger partial charge on any atom is 0.407 e. The third-order valence-electron chi connectivity index (χ3n) is 11.4. The Kier molecular flexibility index (Phi) is 11.5. The van der Waals surface area contributed by atoms with Gasteiger partial charge in [-0.25, -0.2) is 4.79 Å².